The standard InChI is InChI=1S/C25H21N3O4S/c1-15-9-10-16(2)19(12-15)26-21(29)14-33-25-27-22-18-7-3-4-8-20(18)32-23(22)24(30)28(25)13-17-6-5-11-31-17/h3-12H,13-14H2,1-2H3,(H,26,29). The van der Waals surface area contributed by atoms with Crippen LogP contribution in [0.1, 0.15) is 16.9 Å². The monoisotopic (exact) mass is 459 g/mol. The number of nitrogens with zero attached hydrogens (tertiary/aromatic N) is 2. The van der Waals surface area contributed by atoms with Crippen molar-refractivity contribution in [3.8, 4) is 0 Å². The van der Waals surface area contributed by atoms with Crippen LogP contribution in [-0.2, 0) is 11.3 Å². The number of hydrogen-bond donors (Lipinski definition) is 1. The van der Waals surface area contributed by atoms with Crippen LogP contribution in [0.15, 0.2) is 79.6 Å². The lowest BCUT2D eigenvalue weighted by atomic mass is 10.1. The van der Waals surface area contributed by atoms with Gasteiger partial charge in [0.2, 0.25) is 11.5 Å². The first-order valence-corrected chi connectivity index (χ1v) is 11.4. The number of nitrogens with one attached hydrogen (secondary N) is 1. The lowest BCUT2D eigenvalue weighted by molar-refractivity contribution is -0.113. The summed E-state index contributed by atoms with van der Waals surface area (Å²) >= 11 is 1.20. The van der Waals surface area contributed by atoms with Crippen LogP contribution in [0.2, 0.25) is 0 Å². The van der Waals surface area contributed by atoms with Crippen molar-refractivity contribution < 1.29 is 13.6 Å². The third-order valence-electron chi connectivity index (χ3n) is 5.34. The molecule has 0 unspecified atom stereocenters. The predicted molar refractivity (Wildman–Crippen MR) is 129 cm³/mol. The average Bonchev–Trinajstić information content (AvgIpc) is 3.45. The van der Waals surface area contributed by atoms with Gasteiger partial charge in [0.15, 0.2) is 5.16 Å². The maximum Gasteiger partial charge on any atom is 0.298 e. The van der Waals surface area contributed by atoms with Gasteiger partial charge in [-0.15, -0.1) is 0 Å². The summed E-state index contributed by atoms with van der Waals surface area (Å²) < 4.78 is 12.7. The zero-order valence-corrected chi connectivity index (χ0v) is 18.9. The van der Waals surface area contributed by atoms with Crippen molar-refractivity contribution in [2.75, 3.05) is 11.1 Å². The predicted octanol–water partition coefficient (Wildman–Crippen LogP) is 5.13. The summed E-state index contributed by atoms with van der Waals surface area (Å²) in [5, 5.41) is 4.13. The maximum absolute atomic E-state index is 13.3. The molecule has 5 rings (SSSR count). The van der Waals surface area contributed by atoms with Crippen molar-refractivity contribution in [1.82, 2.24) is 9.55 Å². The van der Waals surface area contributed by atoms with Gasteiger partial charge in [-0.25, -0.2) is 4.98 Å². The molecule has 0 atom stereocenters. The molecule has 5 aromatic rings. The van der Waals surface area contributed by atoms with E-state index in [0.717, 1.165) is 22.2 Å². The number of hydrogen-bond acceptors (Lipinski definition) is 6. The number of carbonyl (C=O) groups excluding carboxylic acids is 1. The molecular weight excluding hydrogens is 438 g/mol. The van der Waals surface area contributed by atoms with E-state index in [-0.39, 0.29) is 29.3 Å². The Morgan fingerprint density at radius 1 is 1.12 bits per heavy atom. The topological polar surface area (TPSA) is 90.3 Å². The smallest absolute Gasteiger partial charge is 0.298 e. The van der Waals surface area contributed by atoms with Gasteiger partial charge in [-0.1, -0.05) is 36.0 Å². The number of fused-ring (bicyclic) bond motifs is 3. The summed E-state index contributed by atoms with van der Waals surface area (Å²) in [6, 6.07) is 16.8. The van der Waals surface area contributed by atoms with E-state index in [4.69, 9.17) is 13.8 Å². The molecule has 33 heavy (non-hydrogen) atoms. The van der Waals surface area contributed by atoms with E-state index in [9.17, 15) is 9.59 Å². The second-order valence-corrected chi connectivity index (χ2v) is 8.74. The Labute approximate surface area is 193 Å². The Hall–Kier alpha value is -3.78. The minimum atomic E-state index is -0.315. The molecule has 0 fully saturated rings. The number of furan rings is 2. The van der Waals surface area contributed by atoms with Crippen LogP contribution in [0.25, 0.3) is 22.1 Å². The minimum absolute atomic E-state index is 0.0965. The van der Waals surface area contributed by atoms with Gasteiger partial charge in [0.05, 0.1) is 18.6 Å². The zero-order chi connectivity index (χ0) is 22.9. The molecule has 166 valence electrons. The Morgan fingerprint density at radius 2 is 1.97 bits per heavy atom. The number of anilines is 1. The van der Waals surface area contributed by atoms with Crippen LogP contribution in [0.3, 0.4) is 0 Å². The number of aryl methyl sites for hydroxylation is 2. The summed E-state index contributed by atoms with van der Waals surface area (Å²) in [5.41, 5.74) is 3.78. The molecule has 1 amide bonds. The van der Waals surface area contributed by atoms with Gasteiger partial charge < -0.3 is 14.2 Å². The van der Waals surface area contributed by atoms with E-state index in [0.29, 0.717) is 22.0 Å². The number of benzene rings is 2. The number of carbonyl (C=O) groups is 1. The molecule has 0 bridgehead atoms. The van der Waals surface area contributed by atoms with E-state index in [2.05, 4.69) is 5.32 Å². The molecule has 0 saturated heterocycles. The van der Waals surface area contributed by atoms with Gasteiger partial charge in [0.25, 0.3) is 5.56 Å². The highest BCUT2D eigenvalue weighted by atomic mass is 32.2. The molecule has 0 aliphatic heterocycles. The first kappa shape index (κ1) is 21.1. The summed E-state index contributed by atoms with van der Waals surface area (Å²) in [7, 11) is 0. The lowest BCUT2D eigenvalue weighted by Crippen LogP contribution is -2.24. The van der Waals surface area contributed by atoms with Crippen LogP contribution in [-0.4, -0.2) is 21.2 Å². The van der Waals surface area contributed by atoms with Crippen molar-refractivity contribution in [3.05, 3.63) is 88.1 Å². The quantitative estimate of drug-likeness (QED) is 0.280. The summed E-state index contributed by atoms with van der Waals surface area (Å²) in [5.74, 6) is 0.528. The Morgan fingerprint density at radius 3 is 2.79 bits per heavy atom. The third-order valence-corrected chi connectivity index (χ3v) is 6.32. The Bertz CT molecular complexity index is 1530. The number of amides is 1. The third kappa shape index (κ3) is 4.17. The van der Waals surface area contributed by atoms with Crippen LogP contribution in [0, 0.1) is 13.8 Å². The first-order valence-electron chi connectivity index (χ1n) is 10.4. The van der Waals surface area contributed by atoms with Crippen molar-refractivity contribution in [1.29, 1.82) is 0 Å². The molecule has 0 radical (unpaired) electrons. The van der Waals surface area contributed by atoms with Crippen molar-refractivity contribution in [2.24, 2.45) is 0 Å². The van der Waals surface area contributed by atoms with E-state index < -0.39 is 0 Å². The molecule has 3 aromatic heterocycles. The van der Waals surface area contributed by atoms with Gasteiger partial charge in [-0.3, -0.25) is 14.2 Å². The fraction of sp³-hybridized carbons (Fsp3) is 0.160. The molecule has 0 aliphatic carbocycles. The fourth-order valence-corrected chi connectivity index (χ4v) is 4.44. The largest absolute Gasteiger partial charge is 0.467 e. The summed E-state index contributed by atoms with van der Waals surface area (Å²) in [6.07, 6.45) is 1.55. The highest BCUT2D eigenvalue weighted by Crippen LogP contribution is 2.28. The first-order chi connectivity index (χ1) is 16.0. The van der Waals surface area contributed by atoms with Crippen LogP contribution >= 0.6 is 11.8 Å². The summed E-state index contributed by atoms with van der Waals surface area (Å²) in [4.78, 5) is 30.8. The number of thioether (sulfide) groups is 1. The highest BCUT2D eigenvalue weighted by Gasteiger charge is 2.19. The van der Waals surface area contributed by atoms with Gasteiger partial charge in [-0.2, -0.15) is 0 Å². The van der Waals surface area contributed by atoms with E-state index in [1.165, 1.54) is 16.3 Å². The van der Waals surface area contributed by atoms with Crippen LogP contribution < -0.4 is 10.9 Å². The average molecular weight is 460 g/mol. The molecule has 7 nitrogen and oxygen atoms in total. The van der Waals surface area contributed by atoms with Gasteiger partial charge >= 0.3 is 0 Å². The Balaban J connectivity index is 1.50. The zero-order valence-electron chi connectivity index (χ0n) is 18.1. The summed E-state index contributed by atoms with van der Waals surface area (Å²) in [6.45, 7) is 4.11. The normalized spacial score (nSPS) is 11.3. The second-order valence-electron chi connectivity index (χ2n) is 7.80. The molecular formula is C25H21N3O4S. The van der Waals surface area contributed by atoms with Crippen molar-refractivity contribution in [3.63, 3.8) is 0 Å². The van der Waals surface area contributed by atoms with Gasteiger partial charge in [0, 0.05) is 11.1 Å². The fourth-order valence-electron chi connectivity index (χ4n) is 3.65. The molecule has 2 aromatic carbocycles. The second kappa shape index (κ2) is 8.63. The van der Waals surface area contributed by atoms with E-state index in [1.54, 1.807) is 24.5 Å². The number of aromatic nitrogens is 2. The van der Waals surface area contributed by atoms with Crippen LogP contribution in [0.4, 0.5) is 5.69 Å². The van der Waals surface area contributed by atoms with Gasteiger partial charge in [0.1, 0.15) is 16.9 Å². The molecule has 0 saturated carbocycles. The SMILES string of the molecule is Cc1ccc(C)c(NC(=O)CSc2nc3c(oc4ccccc43)c(=O)n2Cc2ccco2)c1. The molecule has 0 aliphatic rings. The molecule has 8 heteroatoms. The van der Waals surface area contributed by atoms with Crippen LogP contribution in [0.5, 0.6) is 0 Å². The highest BCUT2D eigenvalue weighted by molar-refractivity contribution is 7.99. The Kier molecular flexibility index (Phi) is 5.51. The molecule has 1 N–H and O–H groups in total. The van der Waals surface area contributed by atoms with Gasteiger partial charge in [-0.05, 0) is 55.3 Å². The number of para-hydroxylation sites is 1. The molecule has 3 heterocycles. The number of rotatable bonds is 6. The lowest BCUT2D eigenvalue weighted by Gasteiger charge is -2.12. The van der Waals surface area contributed by atoms with Crippen molar-refractivity contribution >= 4 is 45.4 Å². The van der Waals surface area contributed by atoms with Crippen molar-refractivity contribution in [2.45, 2.75) is 25.5 Å². The maximum atomic E-state index is 13.3. The molecule has 0 spiro atoms. The van der Waals surface area contributed by atoms with E-state index in [1.807, 2.05) is 50.2 Å². The van der Waals surface area contributed by atoms with E-state index >= 15 is 0 Å². The minimum Gasteiger partial charge on any atom is -0.467 e.